The normalized spacial score (nSPS) is 14.7. The fourth-order valence-electron chi connectivity index (χ4n) is 3.58. The standard InChI is InChI=1S/C24H35N5O5S/c1-13(2)20(24(33)34)29-23(32)19(9-10-35-4)28-21(30)14(3)27-22(31)17(25)11-15-12-26-18-8-6-5-7-16(15)18/h5-8,12-14,17,19-20,26H,9-11,25H2,1-4H3,(H,27,31)(H,28,30)(H,29,32)(H,33,34). The van der Waals surface area contributed by atoms with Gasteiger partial charge in [0.15, 0.2) is 0 Å². The molecule has 1 aromatic carbocycles. The number of fused-ring (bicyclic) bond motifs is 1. The molecule has 192 valence electrons. The van der Waals surface area contributed by atoms with E-state index in [1.54, 1.807) is 13.8 Å². The number of hydrogen-bond acceptors (Lipinski definition) is 6. The van der Waals surface area contributed by atoms with Crippen LogP contribution in [0.2, 0.25) is 0 Å². The van der Waals surface area contributed by atoms with E-state index in [0.29, 0.717) is 12.2 Å². The molecule has 0 aliphatic rings. The smallest absolute Gasteiger partial charge is 0.326 e. The molecule has 4 unspecified atom stereocenters. The number of nitrogens with two attached hydrogens (primary N) is 1. The number of nitrogens with one attached hydrogen (secondary N) is 4. The number of aliphatic carboxylic acids is 1. The molecule has 35 heavy (non-hydrogen) atoms. The van der Waals surface area contributed by atoms with Gasteiger partial charge in [0.2, 0.25) is 17.7 Å². The number of para-hydroxylation sites is 1. The van der Waals surface area contributed by atoms with E-state index in [9.17, 15) is 24.3 Å². The van der Waals surface area contributed by atoms with Crippen LogP contribution in [0.5, 0.6) is 0 Å². The Morgan fingerprint density at radius 3 is 2.34 bits per heavy atom. The molecule has 2 rings (SSSR count). The van der Waals surface area contributed by atoms with Gasteiger partial charge in [-0.25, -0.2) is 4.79 Å². The van der Waals surface area contributed by atoms with E-state index in [1.165, 1.54) is 18.7 Å². The number of aromatic amines is 1. The number of carbonyl (C=O) groups is 4. The van der Waals surface area contributed by atoms with Gasteiger partial charge in [0, 0.05) is 17.1 Å². The lowest BCUT2D eigenvalue weighted by Crippen LogP contribution is -2.57. The predicted molar refractivity (Wildman–Crippen MR) is 137 cm³/mol. The molecule has 11 heteroatoms. The van der Waals surface area contributed by atoms with Crippen LogP contribution in [0.15, 0.2) is 30.5 Å². The maximum Gasteiger partial charge on any atom is 0.326 e. The Morgan fingerprint density at radius 2 is 1.71 bits per heavy atom. The minimum atomic E-state index is -1.15. The summed E-state index contributed by atoms with van der Waals surface area (Å²) in [6.07, 6.45) is 4.27. The van der Waals surface area contributed by atoms with Gasteiger partial charge >= 0.3 is 5.97 Å². The Bertz CT molecular complexity index is 1040. The fourth-order valence-corrected chi connectivity index (χ4v) is 4.06. The van der Waals surface area contributed by atoms with Crippen molar-refractivity contribution in [1.82, 2.24) is 20.9 Å². The van der Waals surface area contributed by atoms with Gasteiger partial charge in [-0.1, -0.05) is 32.0 Å². The van der Waals surface area contributed by atoms with Crippen molar-refractivity contribution < 1.29 is 24.3 Å². The Hall–Kier alpha value is -3.05. The molecule has 3 amide bonds. The molecule has 2 aromatic rings. The number of aromatic nitrogens is 1. The fraction of sp³-hybridized carbons (Fsp3) is 0.500. The maximum atomic E-state index is 12.7. The third-order valence-corrected chi connectivity index (χ3v) is 6.32. The van der Waals surface area contributed by atoms with E-state index in [-0.39, 0.29) is 12.3 Å². The van der Waals surface area contributed by atoms with Crippen LogP contribution in [0, 0.1) is 5.92 Å². The summed E-state index contributed by atoms with van der Waals surface area (Å²) in [6, 6.07) is 3.86. The number of hydrogen-bond donors (Lipinski definition) is 6. The van der Waals surface area contributed by atoms with E-state index >= 15 is 0 Å². The van der Waals surface area contributed by atoms with Crippen molar-refractivity contribution in [2.24, 2.45) is 11.7 Å². The van der Waals surface area contributed by atoms with Gasteiger partial charge in [0.05, 0.1) is 6.04 Å². The molecule has 10 nitrogen and oxygen atoms in total. The third-order valence-electron chi connectivity index (χ3n) is 5.68. The number of amides is 3. The zero-order valence-corrected chi connectivity index (χ0v) is 21.3. The molecular weight excluding hydrogens is 470 g/mol. The molecule has 0 aliphatic carbocycles. The molecule has 0 bridgehead atoms. The summed E-state index contributed by atoms with van der Waals surface area (Å²) < 4.78 is 0. The predicted octanol–water partition coefficient (Wildman–Crippen LogP) is 1.01. The van der Waals surface area contributed by atoms with Crippen LogP contribution in [0.3, 0.4) is 0 Å². The topological polar surface area (TPSA) is 166 Å². The molecule has 7 N–H and O–H groups in total. The number of benzene rings is 1. The Balaban J connectivity index is 1.98. The van der Waals surface area contributed by atoms with Crippen molar-refractivity contribution in [2.45, 2.75) is 57.8 Å². The van der Waals surface area contributed by atoms with Crippen LogP contribution in [-0.4, -0.2) is 70.0 Å². The summed E-state index contributed by atoms with van der Waals surface area (Å²) in [7, 11) is 0. The highest BCUT2D eigenvalue weighted by molar-refractivity contribution is 7.98. The van der Waals surface area contributed by atoms with Gasteiger partial charge in [-0.2, -0.15) is 11.8 Å². The first-order chi connectivity index (χ1) is 16.5. The number of thioether (sulfide) groups is 1. The lowest BCUT2D eigenvalue weighted by Gasteiger charge is -2.24. The van der Waals surface area contributed by atoms with E-state index in [1.807, 2.05) is 36.7 Å². The molecule has 0 fully saturated rings. The molecule has 0 aliphatic heterocycles. The third kappa shape index (κ3) is 8.00. The number of H-pyrrole nitrogens is 1. The molecular formula is C24H35N5O5S. The van der Waals surface area contributed by atoms with Crippen molar-refractivity contribution in [2.75, 3.05) is 12.0 Å². The lowest BCUT2D eigenvalue weighted by molar-refractivity contribution is -0.143. The summed E-state index contributed by atoms with van der Waals surface area (Å²) >= 11 is 1.49. The molecule has 1 aromatic heterocycles. The summed E-state index contributed by atoms with van der Waals surface area (Å²) in [5, 5.41) is 18.1. The van der Waals surface area contributed by atoms with Gasteiger partial charge < -0.3 is 31.8 Å². The number of carboxylic acids is 1. The van der Waals surface area contributed by atoms with Crippen LogP contribution in [-0.2, 0) is 25.6 Å². The zero-order valence-electron chi connectivity index (χ0n) is 20.5. The van der Waals surface area contributed by atoms with E-state index in [0.717, 1.165) is 16.5 Å². The maximum absolute atomic E-state index is 12.7. The molecule has 4 atom stereocenters. The monoisotopic (exact) mass is 505 g/mol. The van der Waals surface area contributed by atoms with Crippen molar-refractivity contribution >= 4 is 46.4 Å². The van der Waals surface area contributed by atoms with Gasteiger partial charge in [0.25, 0.3) is 0 Å². The van der Waals surface area contributed by atoms with Gasteiger partial charge in [-0.3, -0.25) is 14.4 Å². The molecule has 0 radical (unpaired) electrons. The first-order valence-electron chi connectivity index (χ1n) is 11.5. The summed E-state index contributed by atoms with van der Waals surface area (Å²) in [5.41, 5.74) is 7.93. The molecule has 0 saturated heterocycles. The first-order valence-corrected chi connectivity index (χ1v) is 12.9. The molecule has 1 heterocycles. The van der Waals surface area contributed by atoms with Crippen molar-refractivity contribution in [3.05, 3.63) is 36.0 Å². The average Bonchev–Trinajstić information content (AvgIpc) is 3.21. The number of carboxylic acid groups (broad SMARTS) is 1. The Labute approximate surface area is 209 Å². The Morgan fingerprint density at radius 1 is 1.03 bits per heavy atom. The van der Waals surface area contributed by atoms with Crippen molar-refractivity contribution in [3.8, 4) is 0 Å². The van der Waals surface area contributed by atoms with E-state index in [4.69, 9.17) is 5.73 Å². The minimum absolute atomic E-state index is 0.286. The van der Waals surface area contributed by atoms with Crippen LogP contribution >= 0.6 is 11.8 Å². The Kier molecular flexibility index (Phi) is 10.6. The van der Waals surface area contributed by atoms with E-state index < -0.39 is 47.9 Å². The van der Waals surface area contributed by atoms with Gasteiger partial charge in [-0.05, 0) is 49.3 Å². The van der Waals surface area contributed by atoms with E-state index in [2.05, 4.69) is 20.9 Å². The highest BCUT2D eigenvalue weighted by atomic mass is 32.2. The van der Waals surface area contributed by atoms with Crippen LogP contribution in [0.25, 0.3) is 10.9 Å². The van der Waals surface area contributed by atoms with Gasteiger partial charge in [-0.15, -0.1) is 0 Å². The van der Waals surface area contributed by atoms with Crippen LogP contribution in [0.1, 0.15) is 32.8 Å². The second-order valence-electron chi connectivity index (χ2n) is 8.81. The summed E-state index contributed by atoms with van der Waals surface area (Å²) in [5.74, 6) is -2.53. The minimum Gasteiger partial charge on any atom is -0.480 e. The van der Waals surface area contributed by atoms with Crippen LogP contribution < -0.4 is 21.7 Å². The number of carbonyl (C=O) groups excluding carboxylic acids is 3. The second-order valence-corrected chi connectivity index (χ2v) is 9.80. The number of rotatable bonds is 13. The largest absolute Gasteiger partial charge is 0.480 e. The van der Waals surface area contributed by atoms with Crippen LogP contribution in [0.4, 0.5) is 0 Å². The summed E-state index contributed by atoms with van der Waals surface area (Å²) in [6.45, 7) is 4.88. The van der Waals surface area contributed by atoms with Crippen molar-refractivity contribution in [3.63, 3.8) is 0 Å². The van der Waals surface area contributed by atoms with Gasteiger partial charge in [0.1, 0.15) is 18.1 Å². The molecule has 0 saturated carbocycles. The second kappa shape index (κ2) is 13.1. The average molecular weight is 506 g/mol. The SMILES string of the molecule is CSCCC(NC(=O)C(C)NC(=O)C(N)Cc1c[nH]c2ccccc12)C(=O)NC(C(=O)O)C(C)C. The zero-order chi connectivity index (χ0) is 26.1. The first kappa shape index (κ1) is 28.2. The lowest BCUT2D eigenvalue weighted by atomic mass is 10.0. The molecule has 0 spiro atoms. The highest BCUT2D eigenvalue weighted by Crippen LogP contribution is 2.18. The highest BCUT2D eigenvalue weighted by Gasteiger charge is 2.30. The van der Waals surface area contributed by atoms with Crippen molar-refractivity contribution in [1.29, 1.82) is 0 Å². The summed E-state index contributed by atoms with van der Waals surface area (Å²) in [4.78, 5) is 52.7. The quantitative estimate of drug-likeness (QED) is 0.236.